The highest BCUT2D eigenvalue weighted by Crippen LogP contribution is 2.30. The Labute approximate surface area is 177 Å². The Morgan fingerprint density at radius 1 is 1.14 bits per heavy atom. The van der Waals surface area contributed by atoms with Crippen molar-refractivity contribution in [2.45, 2.75) is 32.4 Å². The van der Waals surface area contributed by atoms with Crippen LogP contribution in [-0.2, 0) is 12.6 Å². The lowest BCUT2D eigenvalue weighted by Crippen LogP contribution is -2.13. The van der Waals surface area contributed by atoms with Gasteiger partial charge in [-0.15, -0.1) is 0 Å². The second-order valence-corrected chi connectivity index (χ2v) is 7.36. The third kappa shape index (κ3) is 6.98. The van der Waals surface area contributed by atoms with Crippen LogP contribution in [0.3, 0.4) is 0 Å². The third-order valence-corrected chi connectivity index (χ3v) is 4.57. The van der Waals surface area contributed by atoms with E-state index in [0.717, 1.165) is 53.8 Å². The second kappa shape index (κ2) is 10.6. The number of nitrogens with zero attached hydrogens (tertiary/aromatic N) is 1. The molecule has 0 heterocycles. The standard InChI is InChI=1S/C13H13Cl2NO2.C8H7F3/c14-13(15)7-8-18-12-6-2-3-9-10(12)4-1-5-11(9)16-17;1-6-2-4-7(5-3-6)8(9,10)11/h2-3,6-7,17H,1,4-5,8H2;2-5H,1H3. The number of fused-ring (bicyclic) bond motifs is 1. The maximum absolute atomic E-state index is 11.9. The maximum Gasteiger partial charge on any atom is 0.416 e. The Balaban J connectivity index is 0.000000234. The van der Waals surface area contributed by atoms with Crippen molar-refractivity contribution >= 4 is 28.9 Å². The summed E-state index contributed by atoms with van der Waals surface area (Å²) in [5.74, 6) is 0.791. The monoisotopic (exact) mass is 445 g/mol. The third-order valence-electron chi connectivity index (χ3n) is 4.26. The van der Waals surface area contributed by atoms with E-state index in [9.17, 15) is 13.2 Å². The number of hydrogen-bond acceptors (Lipinski definition) is 3. The molecule has 1 aliphatic rings. The van der Waals surface area contributed by atoms with Crippen molar-refractivity contribution in [1.82, 2.24) is 0 Å². The Hall–Kier alpha value is -2.18. The topological polar surface area (TPSA) is 41.8 Å². The largest absolute Gasteiger partial charge is 0.489 e. The van der Waals surface area contributed by atoms with Gasteiger partial charge in [-0.2, -0.15) is 13.2 Å². The van der Waals surface area contributed by atoms with Crippen LogP contribution in [-0.4, -0.2) is 17.5 Å². The molecule has 8 heteroatoms. The zero-order valence-electron chi connectivity index (χ0n) is 15.6. The molecule has 0 atom stereocenters. The second-order valence-electron chi connectivity index (χ2n) is 6.35. The van der Waals surface area contributed by atoms with Gasteiger partial charge in [-0.1, -0.05) is 58.2 Å². The normalized spacial score (nSPS) is 14.5. The lowest BCUT2D eigenvalue weighted by molar-refractivity contribution is -0.137. The van der Waals surface area contributed by atoms with Crippen LogP contribution in [0.4, 0.5) is 13.2 Å². The molecule has 2 aromatic rings. The van der Waals surface area contributed by atoms with Crippen molar-refractivity contribution in [2.75, 3.05) is 6.61 Å². The van der Waals surface area contributed by atoms with Gasteiger partial charge in [0.1, 0.15) is 16.8 Å². The van der Waals surface area contributed by atoms with E-state index in [1.165, 1.54) is 12.1 Å². The molecular formula is C21H20Cl2F3NO2. The molecular weight excluding hydrogens is 426 g/mol. The number of oxime groups is 1. The summed E-state index contributed by atoms with van der Waals surface area (Å²) in [6, 6.07) is 10.8. The summed E-state index contributed by atoms with van der Waals surface area (Å²) in [5.41, 5.74) is 2.99. The van der Waals surface area contributed by atoms with Gasteiger partial charge < -0.3 is 9.94 Å². The van der Waals surface area contributed by atoms with Crippen molar-refractivity contribution in [3.63, 3.8) is 0 Å². The first-order valence-electron chi connectivity index (χ1n) is 8.83. The molecule has 0 radical (unpaired) electrons. The molecule has 0 saturated heterocycles. The van der Waals surface area contributed by atoms with Gasteiger partial charge in [-0.3, -0.25) is 0 Å². The highest BCUT2D eigenvalue weighted by atomic mass is 35.5. The quantitative estimate of drug-likeness (QED) is 0.411. The van der Waals surface area contributed by atoms with Crippen molar-refractivity contribution in [3.05, 3.63) is 75.3 Å². The highest BCUT2D eigenvalue weighted by Gasteiger charge is 2.29. The van der Waals surface area contributed by atoms with Gasteiger partial charge >= 0.3 is 6.18 Å². The molecule has 2 aromatic carbocycles. The van der Waals surface area contributed by atoms with Crippen LogP contribution >= 0.6 is 23.2 Å². The first-order valence-corrected chi connectivity index (χ1v) is 9.59. The van der Waals surface area contributed by atoms with Crippen LogP contribution in [0.5, 0.6) is 5.75 Å². The molecule has 0 amide bonds. The fraction of sp³-hybridized carbons (Fsp3) is 0.286. The van der Waals surface area contributed by atoms with Crippen LogP contribution in [0.15, 0.2) is 58.2 Å². The minimum Gasteiger partial charge on any atom is -0.489 e. The van der Waals surface area contributed by atoms with Crippen LogP contribution in [0.25, 0.3) is 0 Å². The molecule has 0 saturated carbocycles. The fourth-order valence-electron chi connectivity index (χ4n) is 2.84. The van der Waals surface area contributed by atoms with Crippen LogP contribution in [0.2, 0.25) is 0 Å². The van der Waals surface area contributed by atoms with E-state index in [1.54, 1.807) is 13.0 Å². The number of aryl methyl sites for hydroxylation is 1. The Kier molecular flexibility index (Phi) is 8.41. The van der Waals surface area contributed by atoms with E-state index in [1.807, 2.05) is 18.2 Å². The summed E-state index contributed by atoms with van der Waals surface area (Å²) in [6.07, 6.45) is 0.0438. The van der Waals surface area contributed by atoms with E-state index in [2.05, 4.69) is 5.16 Å². The number of benzene rings is 2. The summed E-state index contributed by atoms with van der Waals surface area (Å²) in [4.78, 5) is 0. The van der Waals surface area contributed by atoms with Gasteiger partial charge in [0.15, 0.2) is 0 Å². The lowest BCUT2D eigenvalue weighted by Gasteiger charge is -2.19. The van der Waals surface area contributed by atoms with Gasteiger partial charge in [-0.05, 0) is 50.5 Å². The minimum atomic E-state index is -4.21. The molecule has 1 N–H and O–H groups in total. The molecule has 0 aromatic heterocycles. The van der Waals surface area contributed by atoms with Gasteiger partial charge in [0.05, 0.1) is 11.3 Å². The summed E-state index contributed by atoms with van der Waals surface area (Å²) < 4.78 is 41.6. The van der Waals surface area contributed by atoms with Gasteiger partial charge in [0, 0.05) is 11.1 Å². The number of hydrogen-bond donors (Lipinski definition) is 1. The average Bonchev–Trinajstić information content (AvgIpc) is 2.67. The summed E-state index contributed by atoms with van der Waals surface area (Å²) in [5, 5.41) is 12.3. The highest BCUT2D eigenvalue weighted by molar-refractivity contribution is 6.55. The van der Waals surface area contributed by atoms with Crippen molar-refractivity contribution in [1.29, 1.82) is 0 Å². The molecule has 156 valence electrons. The summed E-state index contributed by atoms with van der Waals surface area (Å²) in [6.45, 7) is 2.07. The number of halogens is 5. The predicted molar refractivity (Wildman–Crippen MR) is 109 cm³/mol. The van der Waals surface area contributed by atoms with E-state index >= 15 is 0 Å². The van der Waals surface area contributed by atoms with E-state index in [0.29, 0.717) is 12.3 Å². The first-order chi connectivity index (χ1) is 13.7. The molecule has 0 spiro atoms. The Morgan fingerprint density at radius 3 is 2.41 bits per heavy atom. The molecule has 1 aliphatic carbocycles. The van der Waals surface area contributed by atoms with Gasteiger partial charge in [-0.25, -0.2) is 0 Å². The molecule has 0 aliphatic heterocycles. The summed E-state index contributed by atoms with van der Waals surface area (Å²) in [7, 11) is 0. The predicted octanol–water partition coefficient (Wildman–Crippen LogP) is 6.91. The van der Waals surface area contributed by atoms with E-state index in [4.69, 9.17) is 33.1 Å². The molecule has 0 bridgehead atoms. The molecule has 0 fully saturated rings. The van der Waals surface area contributed by atoms with Crippen LogP contribution in [0, 0.1) is 6.92 Å². The van der Waals surface area contributed by atoms with Crippen molar-refractivity contribution < 1.29 is 23.1 Å². The molecule has 3 rings (SSSR count). The average molecular weight is 446 g/mol. The Bertz CT molecular complexity index is 874. The SMILES string of the molecule is Cc1ccc(C(F)(F)F)cc1.ON=C1CCCc2c(OCC=C(Cl)Cl)cccc21. The smallest absolute Gasteiger partial charge is 0.416 e. The van der Waals surface area contributed by atoms with Crippen molar-refractivity contribution in [3.8, 4) is 5.75 Å². The van der Waals surface area contributed by atoms with Gasteiger partial charge in [0.25, 0.3) is 0 Å². The number of rotatable bonds is 3. The van der Waals surface area contributed by atoms with E-state index < -0.39 is 11.7 Å². The van der Waals surface area contributed by atoms with Crippen LogP contribution in [0.1, 0.15) is 35.1 Å². The van der Waals surface area contributed by atoms with Crippen LogP contribution < -0.4 is 4.74 Å². The van der Waals surface area contributed by atoms with Gasteiger partial charge in [0.2, 0.25) is 0 Å². The number of ether oxygens (including phenoxy) is 1. The fourth-order valence-corrected chi connectivity index (χ4v) is 2.96. The lowest BCUT2D eigenvalue weighted by atomic mass is 9.89. The maximum atomic E-state index is 11.9. The molecule has 3 nitrogen and oxygen atoms in total. The number of alkyl halides is 3. The zero-order chi connectivity index (χ0) is 21.4. The Morgan fingerprint density at radius 2 is 1.83 bits per heavy atom. The molecule has 0 unspecified atom stereocenters. The molecule has 29 heavy (non-hydrogen) atoms. The zero-order valence-corrected chi connectivity index (χ0v) is 17.2. The minimum absolute atomic E-state index is 0.192. The first kappa shape index (κ1) is 23.1. The van der Waals surface area contributed by atoms with Crippen molar-refractivity contribution in [2.24, 2.45) is 5.16 Å². The summed E-state index contributed by atoms with van der Waals surface area (Å²) >= 11 is 11.1. The van der Waals surface area contributed by atoms with E-state index in [-0.39, 0.29) is 4.49 Å².